The lowest BCUT2D eigenvalue weighted by Gasteiger charge is -2.25. The van der Waals surface area contributed by atoms with Crippen molar-refractivity contribution in [3.8, 4) is 0 Å². The van der Waals surface area contributed by atoms with Crippen molar-refractivity contribution in [3.05, 3.63) is 35.9 Å². The number of rotatable bonds is 6. The van der Waals surface area contributed by atoms with Gasteiger partial charge < -0.3 is 14.3 Å². The van der Waals surface area contributed by atoms with Crippen LogP contribution < -0.4 is 0 Å². The summed E-state index contributed by atoms with van der Waals surface area (Å²) in [6.07, 6.45) is -0.190. The van der Waals surface area contributed by atoms with E-state index < -0.39 is 17.7 Å². The zero-order valence-electron chi connectivity index (χ0n) is 13.1. The molecule has 0 saturated carbocycles. The topological polar surface area (TPSA) is 72.9 Å². The summed E-state index contributed by atoms with van der Waals surface area (Å²) in [5.74, 6) is -0.600. The molecule has 0 unspecified atom stereocenters. The fourth-order valence-electron chi connectivity index (χ4n) is 1.56. The Kier molecular flexibility index (Phi) is 6.56. The second-order valence-electron chi connectivity index (χ2n) is 5.67. The number of amides is 1. The van der Waals surface area contributed by atoms with E-state index in [9.17, 15) is 14.4 Å². The molecule has 0 aliphatic heterocycles. The van der Waals surface area contributed by atoms with Crippen LogP contribution in [-0.2, 0) is 25.7 Å². The van der Waals surface area contributed by atoms with Crippen LogP contribution in [0.3, 0.4) is 0 Å². The Bertz CT molecular complexity index is 507. The van der Waals surface area contributed by atoms with Gasteiger partial charge in [-0.15, -0.1) is 0 Å². The fourth-order valence-corrected chi connectivity index (χ4v) is 1.56. The summed E-state index contributed by atoms with van der Waals surface area (Å²) >= 11 is 0. The molecule has 0 fully saturated rings. The molecule has 0 spiro atoms. The third-order valence-corrected chi connectivity index (χ3v) is 2.51. The van der Waals surface area contributed by atoms with Crippen LogP contribution >= 0.6 is 0 Å². The molecule has 0 saturated heterocycles. The lowest BCUT2D eigenvalue weighted by atomic mass is 10.2. The molecular weight excluding hydrogens is 286 g/mol. The number of hydrogen-bond donors (Lipinski definition) is 0. The van der Waals surface area contributed by atoms with Crippen LogP contribution in [0, 0.1) is 0 Å². The van der Waals surface area contributed by atoms with Gasteiger partial charge in [-0.05, 0) is 26.3 Å². The lowest BCUT2D eigenvalue weighted by Crippen LogP contribution is -2.41. The molecule has 1 aromatic carbocycles. The van der Waals surface area contributed by atoms with Crippen molar-refractivity contribution in [3.63, 3.8) is 0 Å². The monoisotopic (exact) mass is 307 g/mol. The van der Waals surface area contributed by atoms with Crippen LogP contribution in [0.5, 0.6) is 0 Å². The van der Waals surface area contributed by atoms with E-state index in [1.807, 2.05) is 30.3 Å². The van der Waals surface area contributed by atoms with Crippen LogP contribution in [0.4, 0.5) is 4.79 Å². The van der Waals surface area contributed by atoms with E-state index in [0.717, 1.165) is 10.5 Å². The number of aldehydes is 1. The number of carbonyl (C=O) groups is 3. The third-order valence-electron chi connectivity index (χ3n) is 2.51. The second kappa shape index (κ2) is 8.17. The number of esters is 1. The Labute approximate surface area is 130 Å². The van der Waals surface area contributed by atoms with Crippen molar-refractivity contribution >= 4 is 18.3 Å². The molecular formula is C16H21NO5. The standard InChI is InChI=1S/C16H21NO5/c1-16(2,3)22-15(20)17(9-10-18)11-14(19)21-12-13-7-5-4-6-8-13/h4-8,10H,9,11-12H2,1-3H3. The van der Waals surface area contributed by atoms with Crippen molar-refractivity contribution in [2.75, 3.05) is 13.1 Å². The van der Waals surface area contributed by atoms with Crippen LogP contribution in [0.2, 0.25) is 0 Å². The zero-order chi connectivity index (χ0) is 16.6. The Morgan fingerprint density at radius 3 is 2.36 bits per heavy atom. The molecule has 0 aliphatic carbocycles. The summed E-state index contributed by atoms with van der Waals surface area (Å²) in [6.45, 7) is 4.67. The summed E-state index contributed by atoms with van der Waals surface area (Å²) in [5.41, 5.74) is 0.140. The quantitative estimate of drug-likeness (QED) is 0.595. The highest BCUT2D eigenvalue weighted by Gasteiger charge is 2.24. The summed E-state index contributed by atoms with van der Waals surface area (Å²) in [5, 5.41) is 0. The van der Waals surface area contributed by atoms with Crippen molar-refractivity contribution in [1.29, 1.82) is 0 Å². The van der Waals surface area contributed by atoms with E-state index in [4.69, 9.17) is 9.47 Å². The van der Waals surface area contributed by atoms with E-state index in [0.29, 0.717) is 6.29 Å². The average molecular weight is 307 g/mol. The molecule has 0 heterocycles. The van der Waals surface area contributed by atoms with Crippen molar-refractivity contribution in [2.24, 2.45) is 0 Å². The second-order valence-corrected chi connectivity index (χ2v) is 5.67. The van der Waals surface area contributed by atoms with E-state index in [2.05, 4.69) is 0 Å². The normalized spacial score (nSPS) is 10.7. The van der Waals surface area contributed by atoms with Crippen molar-refractivity contribution < 1.29 is 23.9 Å². The summed E-state index contributed by atoms with van der Waals surface area (Å²) in [7, 11) is 0. The van der Waals surface area contributed by atoms with E-state index in [1.165, 1.54) is 0 Å². The molecule has 0 aliphatic rings. The summed E-state index contributed by atoms with van der Waals surface area (Å²) in [6, 6.07) is 9.18. The third kappa shape index (κ3) is 6.88. The van der Waals surface area contributed by atoms with E-state index >= 15 is 0 Å². The first kappa shape index (κ1) is 17.7. The van der Waals surface area contributed by atoms with Gasteiger partial charge in [0.25, 0.3) is 0 Å². The Hall–Kier alpha value is -2.37. The van der Waals surface area contributed by atoms with E-state index in [1.54, 1.807) is 20.8 Å². The SMILES string of the molecule is CC(C)(C)OC(=O)N(CC=O)CC(=O)OCc1ccccc1. The van der Waals surface area contributed by atoms with Gasteiger partial charge in [0.15, 0.2) is 0 Å². The highest BCUT2D eigenvalue weighted by atomic mass is 16.6. The Morgan fingerprint density at radius 1 is 1.18 bits per heavy atom. The minimum Gasteiger partial charge on any atom is -0.459 e. The molecule has 6 heteroatoms. The molecule has 1 rings (SSSR count). The zero-order valence-corrected chi connectivity index (χ0v) is 13.1. The minimum atomic E-state index is -0.726. The predicted molar refractivity (Wildman–Crippen MR) is 80.1 cm³/mol. The van der Waals surface area contributed by atoms with Gasteiger partial charge in [-0.3, -0.25) is 9.69 Å². The molecule has 120 valence electrons. The van der Waals surface area contributed by atoms with Crippen molar-refractivity contribution in [2.45, 2.75) is 33.0 Å². The first-order valence-corrected chi connectivity index (χ1v) is 6.93. The Morgan fingerprint density at radius 2 is 1.82 bits per heavy atom. The highest BCUT2D eigenvalue weighted by molar-refractivity contribution is 5.80. The van der Waals surface area contributed by atoms with Gasteiger partial charge in [-0.2, -0.15) is 0 Å². The van der Waals surface area contributed by atoms with Crippen LogP contribution in [-0.4, -0.2) is 41.9 Å². The average Bonchev–Trinajstić information content (AvgIpc) is 2.44. The molecule has 0 aromatic heterocycles. The van der Waals surface area contributed by atoms with E-state index in [-0.39, 0.29) is 19.7 Å². The minimum absolute atomic E-state index is 0.114. The first-order chi connectivity index (χ1) is 10.3. The van der Waals surface area contributed by atoms with Gasteiger partial charge in [0.2, 0.25) is 0 Å². The van der Waals surface area contributed by atoms with Gasteiger partial charge in [-0.1, -0.05) is 30.3 Å². The lowest BCUT2D eigenvalue weighted by molar-refractivity contribution is -0.146. The van der Waals surface area contributed by atoms with Gasteiger partial charge >= 0.3 is 12.1 Å². The number of benzene rings is 1. The van der Waals surface area contributed by atoms with Crippen LogP contribution in [0.1, 0.15) is 26.3 Å². The summed E-state index contributed by atoms with van der Waals surface area (Å²) < 4.78 is 10.2. The molecule has 0 bridgehead atoms. The maximum Gasteiger partial charge on any atom is 0.411 e. The molecule has 1 aromatic rings. The molecule has 0 N–H and O–H groups in total. The summed E-state index contributed by atoms with van der Waals surface area (Å²) in [4.78, 5) is 35.3. The van der Waals surface area contributed by atoms with Gasteiger partial charge in [0, 0.05) is 0 Å². The predicted octanol–water partition coefficient (Wildman–Crippen LogP) is 2.17. The molecule has 6 nitrogen and oxygen atoms in total. The number of nitrogens with zero attached hydrogens (tertiary/aromatic N) is 1. The number of hydrogen-bond acceptors (Lipinski definition) is 5. The maximum atomic E-state index is 11.9. The van der Waals surface area contributed by atoms with Crippen LogP contribution in [0.15, 0.2) is 30.3 Å². The van der Waals surface area contributed by atoms with Gasteiger partial charge in [0.1, 0.15) is 25.0 Å². The Balaban J connectivity index is 2.53. The molecule has 0 atom stereocenters. The number of carbonyl (C=O) groups excluding carboxylic acids is 3. The van der Waals surface area contributed by atoms with Crippen LogP contribution in [0.25, 0.3) is 0 Å². The maximum absolute atomic E-state index is 11.9. The van der Waals surface area contributed by atoms with Gasteiger partial charge in [-0.25, -0.2) is 4.79 Å². The van der Waals surface area contributed by atoms with Gasteiger partial charge in [0.05, 0.1) is 6.54 Å². The molecule has 1 amide bonds. The number of ether oxygens (including phenoxy) is 2. The largest absolute Gasteiger partial charge is 0.459 e. The fraction of sp³-hybridized carbons (Fsp3) is 0.438. The van der Waals surface area contributed by atoms with Crippen molar-refractivity contribution in [1.82, 2.24) is 4.90 Å². The first-order valence-electron chi connectivity index (χ1n) is 6.93. The molecule has 0 radical (unpaired) electrons. The molecule has 22 heavy (non-hydrogen) atoms. The smallest absolute Gasteiger partial charge is 0.411 e. The highest BCUT2D eigenvalue weighted by Crippen LogP contribution is 2.10.